The molecular formula is C39H79N2+. The standard InChI is InChI=1S/C39H79N2/c1-7-13-19-25-31-37-38(32-26-20-14-8-2)41(35-29-23-17-11-5,36-30-24-18-12-6)39(40-37,33-27-21-15-9-3)34-28-22-16-10-4/h40H,7-36H2,1-6H3/q+1. The van der Waals surface area contributed by atoms with E-state index in [0.29, 0.717) is 0 Å². The summed E-state index contributed by atoms with van der Waals surface area (Å²) in [4.78, 5) is 0. The summed E-state index contributed by atoms with van der Waals surface area (Å²) in [5, 5.41) is 4.55. The molecule has 0 saturated heterocycles. The number of hydrogen-bond donors (Lipinski definition) is 1. The molecule has 41 heavy (non-hydrogen) atoms. The molecule has 0 bridgehead atoms. The van der Waals surface area contributed by atoms with Crippen LogP contribution in [0.1, 0.15) is 221 Å². The minimum atomic E-state index is 0.250. The van der Waals surface area contributed by atoms with E-state index in [9.17, 15) is 0 Å². The summed E-state index contributed by atoms with van der Waals surface area (Å²) in [6.07, 6.45) is 38.8. The summed E-state index contributed by atoms with van der Waals surface area (Å²) < 4.78 is 1.34. The van der Waals surface area contributed by atoms with Gasteiger partial charge < -0.3 is 5.32 Å². The highest BCUT2D eigenvalue weighted by Gasteiger charge is 2.57. The van der Waals surface area contributed by atoms with Crippen LogP contribution in [-0.4, -0.2) is 23.2 Å². The van der Waals surface area contributed by atoms with Gasteiger partial charge in [-0.3, -0.25) is 4.48 Å². The van der Waals surface area contributed by atoms with Crippen molar-refractivity contribution in [2.75, 3.05) is 13.1 Å². The van der Waals surface area contributed by atoms with Gasteiger partial charge in [0.1, 0.15) is 5.70 Å². The number of nitrogens with one attached hydrogen (secondary N) is 1. The van der Waals surface area contributed by atoms with Gasteiger partial charge in [-0.05, 0) is 57.8 Å². The van der Waals surface area contributed by atoms with Gasteiger partial charge in [0.25, 0.3) is 0 Å². The molecule has 1 heterocycles. The van der Waals surface area contributed by atoms with Crippen LogP contribution < -0.4 is 5.32 Å². The molecular weight excluding hydrogens is 496 g/mol. The quantitative estimate of drug-likeness (QED) is 0.0663. The normalized spacial score (nSPS) is 16.0. The van der Waals surface area contributed by atoms with E-state index in [0.717, 1.165) is 0 Å². The summed E-state index contributed by atoms with van der Waals surface area (Å²) >= 11 is 0. The maximum atomic E-state index is 4.55. The van der Waals surface area contributed by atoms with Crippen molar-refractivity contribution >= 4 is 0 Å². The Hall–Kier alpha value is -0.500. The van der Waals surface area contributed by atoms with Gasteiger partial charge in [0.2, 0.25) is 0 Å². The van der Waals surface area contributed by atoms with Gasteiger partial charge in [-0.25, -0.2) is 0 Å². The van der Waals surface area contributed by atoms with E-state index in [-0.39, 0.29) is 5.66 Å². The molecule has 244 valence electrons. The number of unbranched alkanes of at least 4 members (excludes halogenated alkanes) is 18. The molecule has 0 aliphatic carbocycles. The third-order valence-corrected chi connectivity index (χ3v) is 10.3. The lowest BCUT2D eigenvalue weighted by Crippen LogP contribution is -2.66. The Bertz CT molecular complexity index is 597. The fourth-order valence-electron chi connectivity index (χ4n) is 7.79. The zero-order valence-electron chi connectivity index (χ0n) is 29.7. The second kappa shape index (κ2) is 24.9. The van der Waals surface area contributed by atoms with Crippen LogP contribution in [0.25, 0.3) is 0 Å². The van der Waals surface area contributed by atoms with Crippen LogP contribution in [-0.2, 0) is 0 Å². The minimum Gasteiger partial charge on any atom is -0.332 e. The maximum absolute atomic E-state index is 4.55. The fraction of sp³-hybridized carbons (Fsp3) is 0.949. The molecule has 0 saturated carbocycles. The average Bonchev–Trinajstić information content (AvgIpc) is 3.22. The summed E-state index contributed by atoms with van der Waals surface area (Å²) in [6, 6.07) is 0. The molecule has 2 heteroatoms. The molecule has 0 atom stereocenters. The lowest BCUT2D eigenvalue weighted by atomic mass is 9.89. The van der Waals surface area contributed by atoms with Crippen LogP contribution in [0, 0.1) is 0 Å². The molecule has 0 unspecified atom stereocenters. The molecule has 1 aliphatic heterocycles. The summed E-state index contributed by atoms with van der Waals surface area (Å²) in [6.45, 7) is 17.0. The van der Waals surface area contributed by atoms with E-state index in [1.165, 1.54) is 197 Å². The highest BCUT2D eigenvalue weighted by atomic mass is 15.5. The van der Waals surface area contributed by atoms with E-state index >= 15 is 0 Å². The molecule has 0 amide bonds. The smallest absolute Gasteiger partial charge is 0.176 e. The largest absolute Gasteiger partial charge is 0.332 e. The molecule has 1 aliphatic rings. The topological polar surface area (TPSA) is 12.0 Å². The monoisotopic (exact) mass is 576 g/mol. The minimum absolute atomic E-state index is 0.250. The van der Waals surface area contributed by atoms with Crippen molar-refractivity contribution in [3.05, 3.63) is 11.4 Å². The van der Waals surface area contributed by atoms with Crippen LogP contribution in [0.4, 0.5) is 0 Å². The number of hydrogen-bond acceptors (Lipinski definition) is 1. The Morgan fingerprint density at radius 1 is 0.415 bits per heavy atom. The molecule has 1 rings (SSSR count). The SMILES string of the molecule is CCCCCCC1=C(CCCCCC)[N+](CCCCCC)(CCCCCC)C(CCCCCC)(CCCCCC)N1. The number of quaternary nitrogens is 1. The van der Waals surface area contributed by atoms with Crippen molar-refractivity contribution in [1.82, 2.24) is 5.32 Å². The van der Waals surface area contributed by atoms with E-state index in [1.54, 1.807) is 5.70 Å². The maximum Gasteiger partial charge on any atom is 0.176 e. The lowest BCUT2D eigenvalue weighted by molar-refractivity contribution is -0.942. The van der Waals surface area contributed by atoms with E-state index < -0.39 is 0 Å². The van der Waals surface area contributed by atoms with Crippen LogP contribution in [0.3, 0.4) is 0 Å². The van der Waals surface area contributed by atoms with E-state index in [2.05, 4.69) is 46.9 Å². The first kappa shape index (κ1) is 38.5. The fourth-order valence-corrected chi connectivity index (χ4v) is 7.79. The highest BCUT2D eigenvalue weighted by Crippen LogP contribution is 2.48. The number of rotatable bonds is 30. The zero-order valence-corrected chi connectivity index (χ0v) is 29.7. The van der Waals surface area contributed by atoms with Crippen LogP contribution in [0.15, 0.2) is 11.4 Å². The van der Waals surface area contributed by atoms with Gasteiger partial charge in [-0.15, -0.1) is 0 Å². The second-order valence-electron chi connectivity index (χ2n) is 13.9. The summed E-state index contributed by atoms with van der Waals surface area (Å²) in [5.41, 5.74) is 3.88. The van der Waals surface area contributed by atoms with Crippen molar-refractivity contribution < 1.29 is 4.48 Å². The lowest BCUT2D eigenvalue weighted by Gasteiger charge is -2.51. The third kappa shape index (κ3) is 13.8. The first-order valence-corrected chi connectivity index (χ1v) is 19.5. The molecule has 0 aromatic rings. The average molecular weight is 576 g/mol. The van der Waals surface area contributed by atoms with Crippen LogP contribution in [0.5, 0.6) is 0 Å². The molecule has 0 fully saturated rings. The van der Waals surface area contributed by atoms with Gasteiger partial charge in [0.05, 0.1) is 18.8 Å². The molecule has 0 aromatic heterocycles. The number of nitrogens with zero attached hydrogens (tertiary/aromatic N) is 1. The van der Waals surface area contributed by atoms with Gasteiger partial charge in [0.15, 0.2) is 5.66 Å². The Morgan fingerprint density at radius 3 is 1.20 bits per heavy atom. The van der Waals surface area contributed by atoms with Gasteiger partial charge in [-0.2, -0.15) is 0 Å². The molecule has 2 nitrogen and oxygen atoms in total. The zero-order chi connectivity index (χ0) is 30.1. The van der Waals surface area contributed by atoms with Crippen LogP contribution >= 0.6 is 0 Å². The first-order chi connectivity index (χ1) is 20.1. The van der Waals surface area contributed by atoms with Crippen molar-refractivity contribution in [2.24, 2.45) is 0 Å². The molecule has 1 N–H and O–H groups in total. The van der Waals surface area contributed by atoms with Crippen molar-refractivity contribution in [2.45, 2.75) is 227 Å². The van der Waals surface area contributed by atoms with Gasteiger partial charge in [0, 0.05) is 19.3 Å². The number of allylic oxidation sites excluding steroid dienone is 2. The van der Waals surface area contributed by atoms with E-state index in [1.807, 2.05) is 5.70 Å². The Kier molecular flexibility index (Phi) is 23.4. The Balaban J connectivity index is 3.57. The predicted molar refractivity (Wildman–Crippen MR) is 186 cm³/mol. The van der Waals surface area contributed by atoms with E-state index in [4.69, 9.17) is 0 Å². The molecule has 0 aromatic carbocycles. The summed E-state index contributed by atoms with van der Waals surface area (Å²) in [7, 11) is 0. The Labute approximate surface area is 260 Å². The van der Waals surface area contributed by atoms with Gasteiger partial charge >= 0.3 is 0 Å². The predicted octanol–water partition coefficient (Wildman–Crippen LogP) is 13.4. The highest BCUT2D eigenvalue weighted by molar-refractivity contribution is 5.17. The first-order valence-electron chi connectivity index (χ1n) is 19.5. The van der Waals surface area contributed by atoms with Crippen molar-refractivity contribution in [3.8, 4) is 0 Å². The third-order valence-electron chi connectivity index (χ3n) is 10.3. The van der Waals surface area contributed by atoms with Crippen LogP contribution in [0.2, 0.25) is 0 Å². The van der Waals surface area contributed by atoms with Gasteiger partial charge in [-0.1, -0.05) is 144 Å². The second-order valence-corrected chi connectivity index (χ2v) is 13.9. The Morgan fingerprint density at radius 2 is 0.780 bits per heavy atom. The molecule has 0 spiro atoms. The summed E-state index contributed by atoms with van der Waals surface area (Å²) in [5.74, 6) is 0. The van der Waals surface area contributed by atoms with Crippen molar-refractivity contribution in [3.63, 3.8) is 0 Å². The van der Waals surface area contributed by atoms with Crippen molar-refractivity contribution in [1.29, 1.82) is 0 Å². The molecule has 0 radical (unpaired) electrons.